The lowest BCUT2D eigenvalue weighted by atomic mass is 10.0. The highest BCUT2D eigenvalue weighted by Crippen LogP contribution is 2.12. The second-order valence-electron chi connectivity index (χ2n) is 4.50. The van der Waals surface area contributed by atoms with E-state index in [9.17, 15) is 5.11 Å². The molecule has 3 nitrogen and oxygen atoms in total. The molecule has 0 amide bonds. The summed E-state index contributed by atoms with van der Waals surface area (Å²) in [6.07, 6.45) is 2.15. The Labute approximate surface area is 103 Å². The molecule has 0 aliphatic rings. The maximum atomic E-state index is 9.71. The molecule has 2 unspecified atom stereocenters. The predicted molar refractivity (Wildman–Crippen MR) is 68.0 cm³/mol. The van der Waals surface area contributed by atoms with Gasteiger partial charge in [-0.15, -0.1) is 0 Å². The van der Waals surface area contributed by atoms with Crippen molar-refractivity contribution in [3.05, 3.63) is 30.3 Å². The van der Waals surface area contributed by atoms with Gasteiger partial charge >= 0.3 is 0 Å². The molecule has 0 aromatic heterocycles. The minimum absolute atomic E-state index is 0.219. The second-order valence-corrected chi connectivity index (χ2v) is 4.50. The van der Waals surface area contributed by atoms with Crippen molar-refractivity contribution in [2.24, 2.45) is 5.92 Å². The van der Waals surface area contributed by atoms with E-state index in [4.69, 9.17) is 9.84 Å². The molecule has 2 atom stereocenters. The van der Waals surface area contributed by atoms with E-state index in [0.717, 1.165) is 25.0 Å². The Kier molecular flexibility index (Phi) is 6.67. The van der Waals surface area contributed by atoms with Crippen molar-refractivity contribution in [3.8, 4) is 5.75 Å². The summed E-state index contributed by atoms with van der Waals surface area (Å²) >= 11 is 0. The molecular formula is C14H22O3. The summed E-state index contributed by atoms with van der Waals surface area (Å²) in [4.78, 5) is 0. The van der Waals surface area contributed by atoms with Crippen LogP contribution in [0.2, 0.25) is 0 Å². The number of para-hydroxylation sites is 1. The zero-order valence-corrected chi connectivity index (χ0v) is 10.4. The highest BCUT2D eigenvalue weighted by molar-refractivity contribution is 5.20. The van der Waals surface area contributed by atoms with Crippen LogP contribution in [0.25, 0.3) is 0 Å². The first kappa shape index (κ1) is 14.0. The smallest absolute Gasteiger partial charge is 0.119 e. The molecule has 96 valence electrons. The number of benzene rings is 1. The fraction of sp³-hybridized carbons (Fsp3) is 0.571. The summed E-state index contributed by atoms with van der Waals surface area (Å²) in [7, 11) is 0. The van der Waals surface area contributed by atoms with Crippen molar-refractivity contribution in [1.82, 2.24) is 0 Å². The van der Waals surface area contributed by atoms with Crippen molar-refractivity contribution in [3.63, 3.8) is 0 Å². The van der Waals surface area contributed by atoms with Gasteiger partial charge in [0.25, 0.3) is 0 Å². The van der Waals surface area contributed by atoms with Crippen LogP contribution in [-0.2, 0) is 0 Å². The lowest BCUT2D eigenvalue weighted by molar-refractivity contribution is 0.0953. The predicted octanol–water partition coefficient (Wildman–Crippen LogP) is 2.23. The summed E-state index contributed by atoms with van der Waals surface area (Å²) in [6.45, 7) is 2.56. The number of aliphatic hydroxyl groups excluding tert-OH is 2. The van der Waals surface area contributed by atoms with Gasteiger partial charge in [0, 0.05) is 6.61 Å². The number of aliphatic hydroxyl groups is 2. The SMILES string of the molecule is CC(CO)CCCC(O)COc1ccccc1. The lowest BCUT2D eigenvalue weighted by Crippen LogP contribution is -2.17. The maximum Gasteiger partial charge on any atom is 0.119 e. The Hall–Kier alpha value is -1.06. The van der Waals surface area contributed by atoms with Crippen LogP contribution in [0.5, 0.6) is 5.75 Å². The molecule has 0 fully saturated rings. The van der Waals surface area contributed by atoms with Crippen molar-refractivity contribution >= 4 is 0 Å². The zero-order valence-electron chi connectivity index (χ0n) is 10.4. The Bertz CT molecular complexity index is 287. The maximum absolute atomic E-state index is 9.71. The van der Waals surface area contributed by atoms with Gasteiger partial charge in [-0.1, -0.05) is 31.5 Å². The highest BCUT2D eigenvalue weighted by Gasteiger charge is 2.06. The van der Waals surface area contributed by atoms with Crippen molar-refractivity contribution in [2.45, 2.75) is 32.3 Å². The highest BCUT2D eigenvalue weighted by atomic mass is 16.5. The Morgan fingerprint density at radius 1 is 1.18 bits per heavy atom. The molecule has 0 saturated carbocycles. The summed E-state index contributed by atoms with van der Waals surface area (Å²) in [6, 6.07) is 9.50. The molecule has 0 aliphatic carbocycles. The van der Waals surface area contributed by atoms with Crippen molar-refractivity contribution in [1.29, 1.82) is 0 Å². The Morgan fingerprint density at radius 3 is 2.53 bits per heavy atom. The van der Waals surface area contributed by atoms with E-state index in [-0.39, 0.29) is 6.61 Å². The van der Waals surface area contributed by atoms with E-state index in [1.54, 1.807) is 0 Å². The van der Waals surface area contributed by atoms with E-state index in [1.165, 1.54) is 0 Å². The fourth-order valence-electron chi connectivity index (χ4n) is 1.59. The molecule has 0 aliphatic heterocycles. The number of hydrogen-bond donors (Lipinski definition) is 2. The van der Waals surface area contributed by atoms with Crippen LogP contribution in [-0.4, -0.2) is 29.5 Å². The third-order valence-corrected chi connectivity index (χ3v) is 2.73. The summed E-state index contributed by atoms with van der Waals surface area (Å²) in [5.41, 5.74) is 0. The molecule has 17 heavy (non-hydrogen) atoms. The number of hydrogen-bond acceptors (Lipinski definition) is 3. The first-order chi connectivity index (χ1) is 8.22. The van der Waals surface area contributed by atoms with Crippen LogP contribution in [0, 0.1) is 5.92 Å². The summed E-state index contributed by atoms with van der Waals surface area (Å²) < 4.78 is 5.45. The van der Waals surface area contributed by atoms with Crippen molar-refractivity contribution in [2.75, 3.05) is 13.2 Å². The van der Waals surface area contributed by atoms with E-state index < -0.39 is 6.10 Å². The second kappa shape index (κ2) is 8.09. The third kappa shape index (κ3) is 6.29. The van der Waals surface area contributed by atoms with Gasteiger partial charge in [-0.2, -0.15) is 0 Å². The monoisotopic (exact) mass is 238 g/mol. The van der Waals surface area contributed by atoms with Gasteiger partial charge in [0.15, 0.2) is 0 Å². The largest absolute Gasteiger partial charge is 0.491 e. The average Bonchev–Trinajstić information content (AvgIpc) is 2.37. The van der Waals surface area contributed by atoms with Gasteiger partial charge in [0.05, 0.1) is 6.10 Å². The molecule has 3 heteroatoms. The van der Waals surface area contributed by atoms with Crippen molar-refractivity contribution < 1.29 is 14.9 Å². The van der Waals surface area contributed by atoms with Crippen LogP contribution in [0.3, 0.4) is 0 Å². The van der Waals surface area contributed by atoms with Gasteiger partial charge in [0.2, 0.25) is 0 Å². The molecule has 2 N–H and O–H groups in total. The van der Waals surface area contributed by atoms with Gasteiger partial charge < -0.3 is 14.9 Å². The Morgan fingerprint density at radius 2 is 1.88 bits per heavy atom. The molecule has 1 aromatic rings. The minimum atomic E-state index is -0.430. The first-order valence-electron chi connectivity index (χ1n) is 6.19. The van der Waals surface area contributed by atoms with Crippen LogP contribution in [0.4, 0.5) is 0 Å². The van der Waals surface area contributed by atoms with E-state index in [2.05, 4.69) is 0 Å². The molecule has 1 aromatic carbocycles. The van der Waals surface area contributed by atoms with Crippen LogP contribution in [0.1, 0.15) is 26.2 Å². The normalized spacial score (nSPS) is 14.3. The van der Waals surface area contributed by atoms with Gasteiger partial charge in [-0.05, 0) is 30.9 Å². The summed E-state index contributed by atoms with van der Waals surface area (Å²) in [5, 5.41) is 18.6. The molecule has 0 spiro atoms. The number of rotatable bonds is 8. The summed E-state index contributed by atoms with van der Waals surface area (Å²) in [5.74, 6) is 1.10. The molecule has 0 radical (unpaired) electrons. The molecular weight excluding hydrogens is 216 g/mol. The van der Waals surface area contributed by atoms with Gasteiger partial charge in [0.1, 0.15) is 12.4 Å². The minimum Gasteiger partial charge on any atom is -0.491 e. The molecule has 1 rings (SSSR count). The zero-order chi connectivity index (χ0) is 12.5. The first-order valence-corrected chi connectivity index (χ1v) is 6.19. The fourth-order valence-corrected chi connectivity index (χ4v) is 1.59. The van der Waals surface area contributed by atoms with Gasteiger partial charge in [-0.25, -0.2) is 0 Å². The quantitative estimate of drug-likeness (QED) is 0.730. The van der Waals surface area contributed by atoms with Gasteiger partial charge in [-0.3, -0.25) is 0 Å². The van der Waals surface area contributed by atoms with Crippen LogP contribution < -0.4 is 4.74 Å². The molecule has 0 bridgehead atoms. The van der Waals surface area contributed by atoms with E-state index in [0.29, 0.717) is 12.5 Å². The Balaban J connectivity index is 2.11. The number of ether oxygens (including phenoxy) is 1. The van der Waals surface area contributed by atoms with Crippen LogP contribution in [0.15, 0.2) is 30.3 Å². The third-order valence-electron chi connectivity index (χ3n) is 2.73. The van der Waals surface area contributed by atoms with E-state index >= 15 is 0 Å². The average molecular weight is 238 g/mol. The topological polar surface area (TPSA) is 49.7 Å². The molecule has 0 saturated heterocycles. The molecule has 0 heterocycles. The lowest BCUT2D eigenvalue weighted by Gasteiger charge is -2.13. The van der Waals surface area contributed by atoms with Crippen LogP contribution >= 0.6 is 0 Å². The van der Waals surface area contributed by atoms with E-state index in [1.807, 2.05) is 37.3 Å². The standard InChI is InChI=1S/C14H22O3/c1-12(10-15)6-5-7-13(16)11-17-14-8-3-2-4-9-14/h2-4,8-9,12-13,15-16H,5-7,10-11H2,1H3.